The highest BCUT2D eigenvalue weighted by molar-refractivity contribution is 5.93. The lowest BCUT2D eigenvalue weighted by Gasteiger charge is -2.24. The topological polar surface area (TPSA) is 56.5 Å². The summed E-state index contributed by atoms with van der Waals surface area (Å²) in [6.07, 6.45) is 1.75. The number of aromatic nitrogens is 3. The number of fused-ring (bicyclic) bond motifs is 5. The summed E-state index contributed by atoms with van der Waals surface area (Å²) in [4.78, 5) is 21.7. The van der Waals surface area contributed by atoms with Gasteiger partial charge < -0.3 is 4.74 Å². The third kappa shape index (κ3) is 1.80. The Balaban J connectivity index is 2.27. The maximum atomic E-state index is 12.7. The van der Waals surface area contributed by atoms with Crippen molar-refractivity contribution in [3.8, 4) is 0 Å². The Kier molecular flexibility index (Phi) is 2.60. The van der Waals surface area contributed by atoms with Gasteiger partial charge in [-0.3, -0.25) is 9.20 Å². The van der Waals surface area contributed by atoms with Crippen molar-refractivity contribution >= 4 is 16.6 Å². The standard InChI is InChI=1S/C18H19N3O2/c1-10-7-6-8-11-13(10)19-9-21-14-12(16(22)20-15(11)21)17(2,3)23-18(14,4)5/h6-9H,1-5H3. The molecule has 0 saturated carbocycles. The summed E-state index contributed by atoms with van der Waals surface area (Å²) in [6.45, 7) is 9.79. The van der Waals surface area contributed by atoms with Crippen LogP contribution in [0, 0.1) is 6.92 Å². The first kappa shape index (κ1) is 14.3. The zero-order valence-electron chi connectivity index (χ0n) is 14.0. The van der Waals surface area contributed by atoms with Crippen molar-refractivity contribution in [3.05, 3.63) is 51.7 Å². The molecule has 3 heterocycles. The van der Waals surface area contributed by atoms with E-state index in [1.54, 1.807) is 6.33 Å². The van der Waals surface area contributed by atoms with Crippen LogP contribution in [-0.4, -0.2) is 14.4 Å². The zero-order valence-corrected chi connectivity index (χ0v) is 14.0. The van der Waals surface area contributed by atoms with Gasteiger partial charge in [0.2, 0.25) is 0 Å². The first-order valence-electron chi connectivity index (χ1n) is 7.74. The highest BCUT2D eigenvalue weighted by atomic mass is 16.5. The lowest BCUT2D eigenvalue weighted by atomic mass is 9.96. The van der Waals surface area contributed by atoms with Gasteiger partial charge in [0.15, 0.2) is 5.65 Å². The van der Waals surface area contributed by atoms with Crippen molar-refractivity contribution in [2.45, 2.75) is 45.8 Å². The van der Waals surface area contributed by atoms with Crippen LogP contribution in [0.4, 0.5) is 0 Å². The van der Waals surface area contributed by atoms with E-state index >= 15 is 0 Å². The average Bonchev–Trinajstić information content (AvgIpc) is 2.65. The molecular weight excluding hydrogens is 290 g/mol. The normalized spacial score (nSPS) is 18.5. The van der Waals surface area contributed by atoms with Gasteiger partial charge in [0.1, 0.15) is 11.9 Å². The van der Waals surface area contributed by atoms with E-state index in [0.29, 0.717) is 11.2 Å². The monoisotopic (exact) mass is 309 g/mol. The van der Waals surface area contributed by atoms with Crippen molar-refractivity contribution in [1.82, 2.24) is 14.4 Å². The van der Waals surface area contributed by atoms with Gasteiger partial charge in [-0.15, -0.1) is 0 Å². The van der Waals surface area contributed by atoms with Crippen molar-refractivity contribution in [2.75, 3.05) is 0 Å². The Bertz CT molecular complexity index is 1030. The number of ether oxygens (including phenoxy) is 1. The number of hydrogen-bond acceptors (Lipinski definition) is 4. The Hall–Kier alpha value is -2.27. The molecule has 1 aromatic carbocycles. The highest BCUT2D eigenvalue weighted by Gasteiger charge is 2.47. The summed E-state index contributed by atoms with van der Waals surface area (Å²) in [6, 6.07) is 5.93. The molecule has 23 heavy (non-hydrogen) atoms. The molecule has 3 aromatic rings. The summed E-state index contributed by atoms with van der Waals surface area (Å²) < 4.78 is 8.05. The van der Waals surface area contributed by atoms with Crippen LogP contribution in [-0.2, 0) is 15.9 Å². The highest BCUT2D eigenvalue weighted by Crippen LogP contribution is 2.44. The van der Waals surface area contributed by atoms with E-state index in [4.69, 9.17) is 4.74 Å². The first-order chi connectivity index (χ1) is 10.7. The van der Waals surface area contributed by atoms with Gasteiger partial charge in [0.25, 0.3) is 5.56 Å². The largest absolute Gasteiger partial charge is 0.358 e. The van der Waals surface area contributed by atoms with E-state index in [9.17, 15) is 4.79 Å². The van der Waals surface area contributed by atoms with E-state index in [2.05, 4.69) is 9.97 Å². The summed E-state index contributed by atoms with van der Waals surface area (Å²) in [5.74, 6) is 0. The lowest BCUT2D eigenvalue weighted by molar-refractivity contribution is -0.106. The van der Waals surface area contributed by atoms with Crippen LogP contribution in [0.2, 0.25) is 0 Å². The molecule has 0 fully saturated rings. The fourth-order valence-corrected chi connectivity index (χ4v) is 3.83. The predicted molar refractivity (Wildman–Crippen MR) is 88.6 cm³/mol. The molecule has 0 unspecified atom stereocenters. The van der Waals surface area contributed by atoms with E-state index in [1.807, 2.05) is 57.2 Å². The van der Waals surface area contributed by atoms with E-state index < -0.39 is 11.2 Å². The van der Waals surface area contributed by atoms with Gasteiger partial charge in [-0.05, 0) is 46.2 Å². The number of benzene rings is 1. The minimum absolute atomic E-state index is 0.218. The molecule has 5 heteroatoms. The van der Waals surface area contributed by atoms with Crippen LogP contribution < -0.4 is 5.56 Å². The van der Waals surface area contributed by atoms with Crippen molar-refractivity contribution in [3.63, 3.8) is 0 Å². The maximum absolute atomic E-state index is 12.7. The first-order valence-corrected chi connectivity index (χ1v) is 7.74. The Labute approximate surface area is 134 Å². The fourth-order valence-electron chi connectivity index (χ4n) is 3.83. The second kappa shape index (κ2) is 4.17. The van der Waals surface area contributed by atoms with Gasteiger partial charge in [0.05, 0.1) is 22.4 Å². The second-order valence-corrected chi connectivity index (χ2v) is 7.17. The number of aryl methyl sites for hydroxylation is 1. The number of nitrogens with zero attached hydrogens (tertiary/aromatic N) is 3. The molecule has 0 aliphatic carbocycles. The molecular formula is C18H19N3O2. The Morgan fingerprint density at radius 2 is 1.87 bits per heavy atom. The lowest BCUT2D eigenvalue weighted by Crippen LogP contribution is -2.27. The molecule has 0 saturated heterocycles. The van der Waals surface area contributed by atoms with Crippen LogP contribution in [0.3, 0.4) is 0 Å². The summed E-state index contributed by atoms with van der Waals surface area (Å²) in [5.41, 5.74) is 2.57. The number of rotatable bonds is 0. The van der Waals surface area contributed by atoms with Gasteiger partial charge in [-0.2, -0.15) is 4.98 Å². The molecule has 0 radical (unpaired) electrons. The third-order valence-corrected chi connectivity index (χ3v) is 4.59. The van der Waals surface area contributed by atoms with E-state index in [-0.39, 0.29) is 5.56 Å². The van der Waals surface area contributed by atoms with Gasteiger partial charge in [-0.25, -0.2) is 4.98 Å². The van der Waals surface area contributed by atoms with Crippen molar-refractivity contribution in [1.29, 1.82) is 0 Å². The van der Waals surface area contributed by atoms with Crippen LogP contribution in [0.15, 0.2) is 29.3 Å². The van der Waals surface area contributed by atoms with Crippen LogP contribution in [0.25, 0.3) is 16.6 Å². The van der Waals surface area contributed by atoms with Crippen LogP contribution in [0.5, 0.6) is 0 Å². The van der Waals surface area contributed by atoms with Gasteiger partial charge in [0, 0.05) is 5.39 Å². The predicted octanol–water partition coefficient (Wildman–Crippen LogP) is 3.05. The van der Waals surface area contributed by atoms with Gasteiger partial charge >= 0.3 is 0 Å². The fraction of sp³-hybridized carbons (Fsp3) is 0.389. The molecule has 0 amide bonds. The zero-order chi connectivity index (χ0) is 16.6. The molecule has 0 spiro atoms. The smallest absolute Gasteiger partial charge is 0.279 e. The third-order valence-electron chi connectivity index (χ3n) is 4.59. The molecule has 4 rings (SSSR count). The molecule has 5 nitrogen and oxygen atoms in total. The quantitative estimate of drug-likeness (QED) is 0.599. The van der Waals surface area contributed by atoms with Crippen molar-refractivity contribution < 1.29 is 4.74 Å². The summed E-state index contributed by atoms with van der Waals surface area (Å²) >= 11 is 0. The Morgan fingerprint density at radius 1 is 1.13 bits per heavy atom. The van der Waals surface area contributed by atoms with Crippen molar-refractivity contribution in [2.24, 2.45) is 0 Å². The minimum atomic E-state index is -0.661. The van der Waals surface area contributed by atoms with Crippen LogP contribution in [0.1, 0.15) is 44.5 Å². The molecule has 1 aliphatic rings. The molecule has 0 bridgehead atoms. The van der Waals surface area contributed by atoms with E-state index in [1.165, 1.54) is 0 Å². The summed E-state index contributed by atoms with van der Waals surface area (Å²) in [5, 5.41) is 0.882. The molecule has 2 aromatic heterocycles. The second-order valence-electron chi connectivity index (χ2n) is 7.17. The van der Waals surface area contributed by atoms with Gasteiger partial charge in [-0.1, -0.05) is 12.1 Å². The molecule has 0 N–H and O–H groups in total. The average molecular weight is 309 g/mol. The number of para-hydroxylation sites is 1. The summed E-state index contributed by atoms with van der Waals surface area (Å²) in [7, 11) is 0. The SMILES string of the molecule is Cc1cccc2c1ncn1c3c(c(=O)nc21)C(C)(C)OC3(C)C. The molecule has 1 aliphatic heterocycles. The number of hydrogen-bond donors (Lipinski definition) is 0. The Morgan fingerprint density at radius 3 is 2.61 bits per heavy atom. The molecule has 0 atom stereocenters. The maximum Gasteiger partial charge on any atom is 0.279 e. The molecule has 118 valence electrons. The minimum Gasteiger partial charge on any atom is -0.358 e. The van der Waals surface area contributed by atoms with E-state index in [0.717, 1.165) is 22.2 Å². The van der Waals surface area contributed by atoms with Crippen LogP contribution >= 0.6 is 0 Å².